The molecule has 1 aromatic carbocycles. The first-order valence-electron chi connectivity index (χ1n) is 11.5. The fourth-order valence-corrected chi connectivity index (χ4v) is 5.56. The van der Waals surface area contributed by atoms with Gasteiger partial charge in [-0.25, -0.2) is 0 Å². The Morgan fingerprint density at radius 2 is 1.77 bits per heavy atom. The molecule has 5 heteroatoms. The highest BCUT2D eigenvalue weighted by Crippen LogP contribution is 2.50. The van der Waals surface area contributed by atoms with E-state index in [2.05, 4.69) is 72.9 Å². The van der Waals surface area contributed by atoms with Gasteiger partial charge >= 0.3 is 0 Å². The van der Waals surface area contributed by atoms with Crippen LogP contribution >= 0.6 is 0 Å². The fraction of sp³-hybridized carbons (Fsp3) is 0.577. The molecule has 2 unspecified atom stereocenters. The standard InChI is InChI=1S/C26H37N3O2/c1-18(2)20-6-8-22(9-7-20)26(31,25(4)16-28(5)17-25)23-12-24(14-27-13-23)29-11-10-21(15-29)19(3)30/h6-9,12-14,18-19,21,30-31H,10-11,15-17H2,1-5H3/t19?,21-,26?/m0/s1. The van der Waals surface area contributed by atoms with E-state index in [9.17, 15) is 10.2 Å². The number of benzene rings is 1. The molecule has 0 aliphatic carbocycles. The van der Waals surface area contributed by atoms with Gasteiger partial charge in [-0.15, -0.1) is 0 Å². The van der Waals surface area contributed by atoms with E-state index in [1.54, 1.807) is 0 Å². The molecule has 0 amide bonds. The number of aromatic nitrogens is 1. The van der Waals surface area contributed by atoms with Crippen molar-refractivity contribution in [2.75, 3.05) is 38.1 Å². The van der Waals surface area contributed by atoms with Crippen molar-refractivity contribution in [1.29, 1.82) is 0 Å². The van der Waals surface area contributed by atoms with Crippen LogP contribution in [0.4, 0.5) is 5.69 Å². The molecule has 2 N–H and O–H groups in total. The van der Waals surface area contributed by atoms with E-state index in [0.717, 1.165) is 49.4 Å². The zero-order valence-corrected chi connectivity index (χ0v) is 19.5. The summed E-state index contributed by atoms with van der Waals surface area (Å²) in [5, 5.41) is 22.4. The van der Waals surface area contributed by atoms with E-state index in [1.165, 1.54) is 5.56 Å². The smallest absolute Gasteiger partial charge is 0.124 e. The van der Waals surface area contributed by atoms with Crippen LogP contribution in [0.3, 0.4) is 0 Å². The summed E-state index contributed by atoms with van der Waals surface area (Å²) in [7, 11) is 2.10. The molecule has 31 heavy (non-hydrogen) atoms. The molecule has 1 aromatic heterocycles. The van der Waals surface area contributed by atoms with Crippen molar-refractivity contribution in [3.05, 3.63) is 59.4 Å². The third kappa shape index (κ3) is 3.88. The van der Waals surface area contributed by atoms with Gasteiger partial charge in [0.05, 0.1) is 18.0 Å². The molecule has 3 atom stereocenters. The number of likely N-dealkylation sites (tertiary alicyclic amines) is 1. The van der Waals surface area contributed by atoms with Crippen LogP contribution in [0.5, 0.6) is 0 Å². The van der Waals surface area contributed by atoms with Gasteiger partial charge in [-0.2, -0.15) is 0 Å². The molecule has 4 rings (SSSR count). The van der Waals surface area contributed by atoms with Crippen molar-refractivity contribution < 1.29 is 10.2 Å². The number of aliphatic hydroxyl groups is 2. The van der Waals surface area contributed by atoms with Gasteiger partial charge in [0.15, 0.2) is 0 Å². The third-order valence-electron chi connectivity index (χ3n) is 7.52. The summed E-state index contributed by atoms with van der Waals surface area (Å²) < 4.78 is 0. The zero-order chi connectivity index (χ0) is 22.4. The Hall–Kier alpha value is -1.95. The Morgan fingerprint density at radius 1 is 1.10 bits per heavy atom. The summed E-state index contributed by atoms with van der Waals surface area (Å²) in [5.41, 5.74) is 2.65. The molecule has 2 fully saturated rings. The Labute approximate surface area is 186 Å². The van der Waals surface area contributed by atoms with Crippen molar-refractivity contribution in [2.24, 2.45) is 11.3 Å². The van der Waals surface area contributed by atoms with Crippen LogP contribution < -0.4 is 4.90 Å². The average Bonchev–Trinajstić information content (AvgIpc) is 3.23. The molecular formula is C26H37N3O2. The Kier molecular flexibility index (Phi) is 5.88. The predicted molar refractivity (Wildman–Crippen MR) is 125 cm³/mol. The Balaban J connectivity index is 1.73. The number of rotatable bonds is 6. The summed E-state index contributed by atoms with van der Waals surface area (Å²) in [6.45, 7) is 11.8. The van der Waals surface area contributed by atoms with Crippen LogP contribution in [-0.2, 0) is 5.60 Å². The zero-order valence-electron chi connectivity index (χ0n) is 19.5. The summed E-state index contributed by atoms with van der Waals surface area (Å²) >= 11 is 0. The highest BCUT2D eigenvalue weighted by atomic mass is 16.3. The molecule has 0 radical (unpaired) electrons. The van der Waals surface area contributed by atoms with Crippen LogP contribution in [0.1, 0.15) is 56.7 Å². The summed E-state index contributed by atoms with van der Waals surface area (Å²) in [4.78, 5) is 9.08. The number of pyridine rings is 1. The predicted octanol–water partition coefficient (Wildman–Crippen LogP) is 3.60. The minimum Gasteiger partial charge on any atom is -0.393 e. The van der Waals surface area contributed by atoms with Gasteiger partial charge in [0.1, 0.15) is 5.60 Å². The lowest BCUT2D eigenvalue weighted by Crippen LogP contribution is -2.63. The number of nitrogens with zero attached hydrogens (tertiary/aromatic N) is 3. The van der Waals surface area contributed by atoms with Gasteiger partial charge in [-0.3, -0.25) is 4.98 Å². The molecule has 0 saturated carbocycles. The fourth-order valence-electron chi connectivity index (χ4n) is 5.56. The van der Waals surface area contributed by atoms with Crippen molar-refractivity contribution >= 4 is 5.69 Å². The van der Waals surface area contributed by atoms with E-state index in [-0.39, 0.29) is 17.4 Å². The quantitative estimate of drug-likeness (QED) is 0.743. The lowest BCUT2D eigenvalue weighted by molar-refractivity contribution is -0.127. The Bertz CT molecular complexity index is 905. The van der Waals surface area contributed by atoms with Gasteiger partial charge < -0.3 is 20.0 Å². The van der Waals surface area contributed by atoms with Crippen LogP contribution in [0, 0.1) is 11.3 Å². The number of aliphatic hydroxyl groups excluding tert-OH is 1. The first-order valence-corrected chi connectivity index (χ1v) is 11.5. The number of anilines is 1. The molecule has 2 saturated heterocycles. The van der Waals surface area contributed by atoms with Gasteiger partial charge in [0.2, 0.25) is 0 Å². The molecular weight excluding hydrogens is 386 g/mol. The summed E-state index contributed by atoms with van der Waals surface area (Å²) in [5.74, 6) is 0.735. The second kappa shape index (κ2) is 8.19. The van der Waals surface area contributed by atoms with Gasteiger partial charge in [0.25, 0.3) is 0 Å². The molecule has 0 spiro atoms. The van der Waals surface area contributed by atoms with Crippen LogP contribution in [-0.4, -0.2) is 59.4 Å². The van der Waals surface area contributed by atoms with E-state index in [0.29, 0.717) is 5.92 Å². The molecule has 2 aromatic rings. The monoisotopic (exact) mass is 423 g/mol. The second-order valence-corrected chi connectivity index (χ2v) is 10.4. The normalized spacial score (nSPS) is 24.1. The first kappa shape index (κ1) is 22.3. The highest BCUT2D eigenvalue weighted by Gasteiger charge is 2.55. The maximum atomic E-state index is 12.4. The van der Waals surface area contributed by atoms with E-state index >= 15 is 0 Å². The minimum atomic E-state index is -1.12. The van der Waals surface area contributed by atoms with Gasteiger partial charge in [0, 0.05) is 49.3 Å². The van der Waals surface area contributed by atoms with Crippen molar-refractivity contribution in [1.82, 2.24) is 9.88 Å². The molecule has 5 nitrogen and oxygen atoms in total. The lowest BCUT2D eigenvalue weighted by atomic mass is 9.62. The van der Waals surface area contributed by atoms with Crippen LogP contribution in [0.2, 0.25) is 0 Å². The highest BCUT2D eigenvalue weighted by molar-refractivity contribution is 5.51. The van der Waals surface area contributed by atoms with Crippen molar-refractivity contribution in [2.45, 2.75) is 51.7 Å². The van der Waals surface area contributed by atoms with Crippen molar-refractivity contribution in [3.63, 3.8) is 0 Å². The summed E-state index contributed by atoms with van der Waals surface area (Å²) in [6, 6.07) is 10.6. The largest absolute Gasteiger partial charge is 0.393 e. The molecule has 0 bridgehead atoms. The molecule has 2 aliphatic rings. The average molecular weight is 424 g/mol. The Morgan fingerprint density at radius 3 is 2.32 bits per heavy atom. The lowest BCUT2D eigenvalue weighted by Gasteiger charge is -2.56. The van der Waals surface area contributed by atoms with E-state index < -0.39 is 5.60 Å². The SMILES string of the molecule is CC(C)c1ccc(C(O)(c2cncc(N3CC[C@H](C(C)O)C3)c2)C2(C)CN(C)C2)cc1. The summed E-state index contributed by atoms with van der Waals surface area (Å²) in [6.07, 6.45) is 4.38. The topological polar surface area (TPSA) is 59.8 Å². The molecule has 168 valence electrons. The van der Waals surface area contributed by atoms with Crippen LogP contribution in [0.25, 0.3) is 0 Å². The molecule has 2 aliphatic heterocycles. The maximum absolute atomic E-state index is 12.4. The molecule has 3 heterocycles. The maximum Gasteiger partial charge on any atom is 0.124 e. The number of hydrogen-bond donors (Lipinski definition) is 2. The minimum absolute atomic E-state index is 0.281. The van der Waals surface area contributed by atoms with Gasteiger partial charge in [-0.1, -0.05) is 45.0 Å². The van der Waals surface area contributed by atoms with E-state index in [4.69, 9.17) is 0 Å². The first-order chi connectivity index (χ1) is 14.6. The number of hydrogen-bond acceptors (Lipinski definition) is 5. The van der Waals surface area contributed by atoms with E-state index in [1.807, 2.05) is 19.3 Å². The third-order valence-corrected chi connectivity index (χ3v) is 7.52. The second-order valence-electron chi connectivity index (χ2n) is 10.4. The van der Waals surface area contributed by atoms with Crippen molar-refractivity contribution in [3.8, 4) is 0 Å². The van der Waals surface area contributed by atoms with Crippen LogP contribution in [0.15, 0.2) is 42.7 Å². The van der Waals surface area contributed by atoms with Gasteiger partial charge in [-0.05, 0) is 43.5 Å².